The van der Waals surface area contributed by atoms with Crippen LogP contribution in [0.1, 0.15) is 137 Å². The van der Waals surface area contributed by atoms with Gasteiger partial charge in [-0.25, -0.2) is 31.5 Å². The van der Waals surface area contributed by atoms with Crippen LogP contribution in [0.4, 0.5) is 10.5 Å². The zero-order valence-electron chi connectivity index (χ0n) is 29.2. The fourth-order valence-electron chi connectivity index (χ4n) is 4.60. The van der Waals surface area contributed by atoms with Crippen LogP contribution in [0.2, 0.25) is 0 Å². The van der Waals surface area contributed by atoms with Crippen LogP contribution in [0.25, 0.3) is 0 Å². The second-order valence-corrected chi connectivity index (χ2v) is 15.5. The van der Waals surface area contributed by atoms with Crippen molar-refractivity contribution in [1.29, 1.82) is 0 Å². The van der Waals surface area contributed by atoms with E-state index in [9.17, 15) is 45.6 Å². The van der Waals surface area contributed by atoms with Gasteiger partial charge in [-0.3, -0.25) is 24.0 Å². The molecule has 50 heavy (non-hydrogen) atoms. The Morgan fingerprint density at radius 2 is 0.820 bits per heavy atom. The predicted octanol–water partition coefficient (Wildman–Crippen LogP) is 5.79. The highest BCUT2D eigenvalue weighted by Crippen LogP contribution is 2.34. The molecule has 3 rings (SSSR count). The summed E-state index contributed by atoms with van der Waals surface area (Å²) >= 11 is 0. The predicted molar refractivity (Wildman–Crippen MR) is 188 cm³/mol. The van der Waals surface area contributed by atoms with Crippen LogP contribution in [0.15, 0.2) is 58.3 Å². The van der Waals surface area contributed by atoms with Gasteiger partial charge in [0.05, 0.1) is 9.79 Å². The standard InChI is InChI=1S/C25H30N2O6S.C10H11NO4S/c1-13(2)22-11-20(17(7)30)12-23(14(3)4)24(22)26-25(31)27-34(32,33)21-9-18(15(5)28)8-19(10-21)16(6)29;1-6(12)8-3-9(7(2)13)5-10(4-8)16(11,14)15/h8-14H,1-7H3,(H2,26,27,31);3-5H,1-2H3,(H2,11,14,15). The van der Waals surface area contributed by atoms with E-state index in [2.05, 4.69) is 5.32 Å². The molecule has 15 heteroatoms. The van der Waals surface area contributed by atoms with Crippen molar-refractivity contribution in [2.24, 2.45) is 5.14 Å². The zero-order valence-corrected chi connectivity index (χ0v) is 30.9. The SMILES string of the molecule is CC(=O)c1cc(C(C)=O)cc(S(=O)(=O)NC(=O)Nc2c(C(C)C)cc(C(C)=O)cc2C(C)C)c1.CC(=O)c1cc(C(C)=O)cc(S(N)(=O)=O)c1. The second kappa shape index (κ2) is 16.2. The topological polar surface area (TPSA) is 221 Å². The van der Waals surface area contributed by atoms with Gasteiger partial charge in [-0.05, 0) is 106 Å². The molecule has 0 atom stereocenters. The number of urea groups is 1. The van der Waals surface area contributed by atoms with E-state index in [1.165, 1.54) is 46.8 Å². The van der Waals surface area contributed by atoms with E-state index in [0.29, 0.717) is 22.4 Å². The Morgan fingerprint density at radius 3 is 1.10 bits per heavy atom. The first-order chi connectivity index (χ1) is 22.8. The number of hydrogen-bond donors (Lipinski definition) is 3. The molecule has 0 aliphatic carbocycles. The summed E-state index contributed by atoms with van der Waals surface area (Å²) in [6.45, 7) is 14.1. The average Bonchev–Trinajstić information content (AvgIpc) is 2.99. The van der Waals surface area contributed by atoms with Gasteiger partial charge in [-0.15, -0.1) is 0 Å². The fraction of sp³-hybridized carbons (Fsp3) is 0.314. The lowest BCUT2D eigenvalue weighted by Gasteiger charge is -2.22. The van der Waals surface area contributed by atoms with Gasteiger partial charge < -0.3 is 5.32 Å². The van der Waals surface area contributed by atoms with Gasteiger partial charge in [-0.2, -0.15) is 0 Å². The Morgan fingerprint density at radius 1 is 0.520 bits per heavy atom. The number of primary sulfonamides is 1. The van der Waals surface area contributed by atoms with Gasteiger partial charge in [0.1, 0.15) is 0 Å². The lowest BCUT2D eigenvalue weighted by atomic mass is 9.89. The first kappa shape index (κ1) is 41.3. The molecule has 0 saturated heterocycles. The number of benzene rings is 3. The Bertz CT molecular complexity index is 2020. The van der Waals surface area contributed by atoms with Crippen LogP contribution in [0.3, 0.4) is 0 Å². The van der Waals surface area contributed by atoms with E-state index in [1.54, 1.807) is 12.1 Å². The minimum Gasteiger partial charge on any atom is -0.307 e. The molecule has 2 amide bonds. The normalized spacial score (nSPS) is 11.4. The van der Waals surface area contributed by atoms with Crippen LogP contribution >= 0.6 is 0 Å². The fourth-order valence-corrected chi connectivity index (χ4v) is 6.16. The van der Waals surface area contributed by atoms with Crippen molar-refractivity contribution in [2.75, 3.05) is 5.32 Å². The number of amides is 2. The van der Waals surface area contributed by atoms with E-state index in [-0.39, 0.29) is 61.2 Å². The number of carbonyl (C=O) groups is 6. The Balaban J connectivity index is 0.000000452. The van der Waals surface area contributed by atoms with Gasteiger partial charge in [0.15, 0.2) is 28.9 Å². The van der Waals surface area contributed by atoms with Crippen molar-refractivity contribution in [2.45, 2.75) is 83.9 Å². The summed E-state index contributed by atoms with van der Waals surface area (Å²) in [5, 5.41) is 7.58. The lowest BCUT2D eigenvalue weighted by Crippen LogP contribution is -2.35. The molecule has 0 heterocycles. The first-order valence-corrected chi connectivity index (χ1v) is 18.3. The van der Waals surface area contributed by atoms with E-state index >= 15 is 0 Å². The van der Waals surface area contributed by atoms with Gasteiger partial charge in [0.2, 0.25) is 10.0 Å². The van der Waals surface area contributed by atoms with Crippen LogP contribution in [0.5, 0.6) is 0 Å². The number of carbonyl (C=O) groups excluding carboxylic acids is 6. The maximum Gasteiger partial charge on any atom is 0.333 e. The van der Waals surface area contributed by atoms with Gasteiger partial charge >= 0.3 is 6.03 Å². The molecule has 0 bridgehead atoms. The average molecular weight is 728 g/mol. The molecule has 268 valence electrons. The van der Waals surface area contributed by atoms with Crippen molar-refractivity contribution < 1.29 is 45.6 Å². The molecule has 0 aliphatic rings. The lowest BCUT2D eigenvalue weighted by molar-refractivity contribution is 0.0997. The Hall–Kier alpha value is -4.86. The van der Waals surface area contributed by atoms with Crippen LogP contribution < -0.4 is 15.2 Å². The summed E-state index contributed by atoms with van der Waals surface area (Å²) in [7, 11) is -8.32. The highest BCUT2D eigenvalue weighted by atomic mass is 32.2. The number of ketones is 5. The molecule has 0 spiro atoms. The van der Waals surface area contributed by atoms with Crippen LogP contribution in [-0.2, 0) is 20.0 Å². The molecule has 0 saturated carbocycles. The van der Waals surface area contributed by atoms with E-state index in [1.807, 2.05) is 32.4 Å². The minimum atomic E-state index is -4.40. The highest BCUT2D eigenvalue weighted by molar-refractivity contribution is 7.90. The summed E-state index contributed by atoms with van der Waals surface area (Å²) < 4.78 is 50.1. The summed E-state index contributed by atoms with van der Waals surface area (Å²) in [6, 6.07) is 9.59. The number of nitrogens with two attached hydrogens (primary N) is 1. The molecule has 0 unspecified atom stereocenters. The number of rotatable bonds is 11. The first-order valence-electron chi connectivity index (χ1n) is 15.2. The third-order valence-corrected chi connectivity index (χ3v) is 9.60. The molecular formula is C35H41N3O10S2. The zero-order chi connectivity index (χ0) is 38.5. The Kier molecular flexibility index (Phi) is 13.4. The van der Waals surface area contributed by atoms with E-state index < -0.39 is 37.6 Å². The number of Topliss-reactive ketones (excluding diaryl/α,β-unsaturated/α-hetero) is 5. The molecule has 0 radical (unpaired) electrons. The molecule has 0 fully saturated rings. The summed E-state index contributed by atoms with van der Waals surface area (Å²) in [6.07, 6.45) is 0. The van der Waals surface area contributed by atoms with E-state index in [4.69, 9.17) is 5.14 Å². The van der Waals surface area contributed by atoms with Crippen molar-refractivity contribution in [1.82, 2.24) is 4.72 Å². The quantitative estimate of drug-likeness (QED) is 0.202. The summed E-state index contributed by atoms with van der Waals surface area (Å²) in [5.74, 6) is -1.73. The number of sulfonamides is 2. The largest absolute Gasteiger partial charge is 0.333 e. The second-order valence-electron chi connectivity index (χ2n) is 12.2. The molecule has 4 N–H and O–H groups in total. The molecule has 13 nitrogen and oxygen atoms in total. The number of hydrogen-bond acceptors (Lipinski definition) is 10. The molecule has 0 aromatic heterocycles. The summed E-state index contributed by atoms with van der Waals surface area (Å²) in [4.78, 5) is 70.1. The number of anilines is 1. The van der Waals surface area contributed by atoms with Crippen LogP contribution in [0, 0.1) is 0 Å². The minimum absolute atomic E-state index is 0.0393. The van der Waals surface area contributed by atoms with Crippen molar-refractivity contribution in [3.05, 3.63) is 87.5 Å². The molecule has 3 aromatic rings. The smallest absolute Gasteiger partial charge is 0.307 e. The van der Waals surface area contributed by atoms with Crippen LogP contribution in [-0.4, -0.2) is 51.8 Å². The molecule has 3 aromatic carbocycles. The van der Waals surface area contributed by atoms with Crippen molar-refractivity contribution in [3.8, 4) is 0 Å². The maximum atomic E-state index is 12.9. The van der Waals surface area contributed by atoms with Gasteiger partial charge in [0.25, 0.3) is 10.0 Å². The van der Waals surface area contributed by atoms with Crippen molar-refractivity contribution in [3.63, 3.8) is 0 Å². The van der Waals surface area contributed by atoms with Gasteiger partial charge in [-0.1, -0.05) is 27.7 Å². The van der Waals surface area contributed by atoms with Crippen molar-refractivity contribution >= 4 is 60.7 Å². The number of nitrogens with one attached hydrogen (secondary N) is 2. The molecular weight excluding hydrogens is 687 g/mol. The van der Waals surface area contributed by atoms with Gasteiger partial charge in [0, 0.05) is 33.5 Å². The third kappa shape index (κ3) is 10.8. The Labute approximate surface area is 292 Å². The monoisotopic (exact) mass is 727 g/mol. The maximum absolute atomic E-state index is 12.9. The highest BCUT2D eigenvalue weighted by Gasteiger charge is 2.24. The third-order valence-electron chi connectivity index (χ3n) is 7.39. The summed E-state index contributed by atoms with van der Waals surface area (Å²) in [5.41, 5.74) is 2.71. The molecule has 0 aliphatic heterocycles. The van der Waals surface area contributed by atoms with E-state index in [0.717, 1.165) is 24.3 Å².